The molecule has 1 atom stereocenters. The van der Waals surface area contributed by atoms with Crippen molar-refractivity contribution in [2.24, 2.45) is 11.7 Å². The summed E-state index contributed by atoms with van der Waals surface area (Å²) in [4.78, 5) is 0. The van der Waals surface area contributed by atoms with E-state index in [0.717, 1.165) is 16.7 Å². The Kier molecular flexibility index (Phi) is 2.03. The Morgan fingerprint density at radius 2 is 1.83 bits per heavy atom. The molecule has 3 aromatic rings. The molecule has 0 spiro atoms. The van der Waals surface area contributed by atoms with Crippen molar-refractivity contribution < 1.29 is 4.42 Å². The van der Waals surface area contributed by atoms with Crippen molar-refractivity contribution in [1.82, 2.24) is 0 Å². The maximum atomic E-state index is 6.21. The van der Waals surface area contributed by atoms with Crippen LogP contribution in [-0.4, -0.2) is 0 Å². The maximum Gasteiger partial charge on any atom is 0.142 e. The van der Waals surface area contributed by atoms with Gasteiger partial charge in [0.15, 0.2) is 0 Å². The fraction of sp³-hybridized carbons (Fsp3) is 0.250. The third-order valence-corrected chi connectivity index (χ3v) is 3.89. The smallest absolute Gasteiger partial charge is 0.142 e. The summed E-state index contributed by atoms with van der Waals surface area (Å²) in [6.45, 7) is 0. The fourth-order valence-corrected chi connectivity index (χ4v) is 2.64. The van der Waals surface area contributed by atoms with E-state index in [-0.39, 0.29) is 6.04 Å². The highest BCUT2D eigenvalue weighted by atomic mass is 16.3. The summed E-state index contributed by atoms with van der Waals surface area (Å²) in [6, 6.07) is 14.7. The van der Waals surface area contributed by atoms with Crippen LogP contribution in [-0.2, 0) is 0 Å². The number of benzene rings is 2. The molecule has 2 aromatic carbocycles. The number of furan rings is 1. The lowest BCUT2D eigenvalue weighted by molar-refractivity contribution is 0.468. The molecule has 1 fully saturated rings. The Labute approximate surface area is 105 Å². The third kappa shape index (κ3) is 1.46. The molecule has 0 saturated heterocycles. The monoisotopic (exact) mass is 237 g/mol. The normalized spacial score (nSPS) is 17.4. The second kappa shape index (κ2) is 3.59. The van der Waals surface area contributed by atoms with Gasteiger partial charge in [-0.3, -0.25) is 0 Å². The molecule has 2 nitrogen and oxygen atoms in total. The third-order valence-electron chi connectivity index (χ3n) is 3.89. The number of fused-ring (bicyclic) bond motifs is 3. The first-order chi connectivity index (χ1) is 8.83. The molecule has 4 rings (SSSR count). The molecular weight excluding hydrogens is 222 g/mol. The van der Waals surface area contributed by atoms with Crippen LogP contribution in [0.15, 0.2) is 46.9 Å². The van der Waals surface area contributed by atoms with Gasteiger partial charge in [0.2, 0.25) is 0 Å². The van der Waals surface area contributed by atoms with Gasteiger partial charge in [0, 0.05) is 10.8 Å². The minimum atomic E-state index is 0.0659. The van der Waals surface area contributed by atoms with Crippen molar-refractivity contribution in [3.63, 3.8) is 0 Å². The van der Waals surface area contributed by atoms with Crippen LogP contribution in [0.5, 0.6) is 0 Å². The van der Waals surface area contributed by atoms with E-state index >= 15 is 0 Å². The Morgan fingerprint density at radius 1 is 1.06 bits per heavy atom. The quantitative estimate of drug-likeness (QED) is 0.731. The van der Waals surface area contributed by atoms with Crippen LogP contribution in [0.2, 0.25) is 0 Å². The minimum Gasteiger partial charge on any atom is -0.459 e. The van der Waals surface area contributed by atoms with Gasteiger partial charge in [-0.2, -0.15) is 0 Å². The average Bonchev–Trinajstić information content (AvgIpc) is 3.16. The molecule has 0 amide bonds. The number of hydrogen-bond acceptors (Lipinski definition) is 2. The van der Waals surface area contributed by atoms with Gasteiger partial charge in [0.1, 0.15) is 11.3 Å². The molecule has 18 heavy (non-hydrogen) atoms. The van der Waals surface area contributed by atoms with E-state index in [9.17, 15) is 0 Å². The Morgan fingerprint density at radius 3 is 2.67 bits per heavy atom. The van der Waals surface area contributed by atoms with E-state index in [4.69, 9.17) is 10.2 Å². The number of nitrogens with two attached hydrogens (primary N) is 1. The second-order valence-electron chi connectivity index (χ2n) is 5.22. The highest BCUT2D eigenvalue weighted by Crippen LogP contribution is 2.41. The predicted octanol–water partition coefficient (Wildman–Crippen LogP) is 4.00. The summed E-state index contributed by atoms with van der Waals surface area (Å²) in [5.74, 6) is 1.56. The molecule has 0 bridgehead atoms. The molecule has 1 aliphatic carbocycles. The van der Waals surface area contributed by atoms with Crippen LogP contribution in [0, 0.1) is 5.92 Å². The highest BCUT2D eigenvalue weighted by Gasteiger charge is 2.31. The van der Waals surface area contributed by atoms with Crippen LogP contribution >= 0.6 is 0 Å². The van der Waals surface area contributed by atoms with Gasteiger partial charge in [-0.1, -0.05) is 36.4 Å². The highest BCUT2D eigenvalue weighted by molar-refractivity contribution is 6.04. The Balaban J connectivity index is 1.95. The van der Waals surface area contributed by atoms with E-state index in [1.54, 1.807) is 0 Å². The van der Waals surface area contributed by atoms with E-state index in [0.29, 0.717) is 5.92 Å². The van der Waals surface area contributed by atoms with Crippen molar-refractivity contribution in [1.29, 1.82) is 0 Å². The lowest BCUT2D eigenvalue weighted by Gasteiger charge is -2.04. The van der Waals surface area contributed by atoms with Gasteiger partial charge in [0.05, 0.1) is 6.04 Å². The van der Waals surface area contributed by atoms with Crippen LogP contribution in [0.4, 0.5) is 0 Å². The summed E-state index contributed by atoms with van der Waals surface area (Å²) < 4.78 is 6.02. The van der Waals surface area contributed by atoms with Crippen molar-refractivity contribution in [3.05, 3.63) is 48.2 Å². The first kappa shape index (κ1) is 10.2. The van der Waals surface area contributed by atoms with Crippen molar-refractivity contribution in [3.8, 4) is 0 Å². The summed E-state index contributed by atoms with van der Waals surface area (Å²) in [7, 11) is 0. The Bertz CT molecular complexity index is 724. The largest absolute Gasteiger partial charge is 0.459 e. The van der Waals surface area contributed by atoms with Crippen LogP contribution in [0.25, 0.3) is 21.7 Å². The van der Waals surface area contributed by atoms with E-state index in [1.807, 2.05) is 12.1 Å². The number of rotatable bonds is 2. The van der Waals surface area contributed by atoms with Gasteiger partial charge in [-0.25, -0.2) is 0 Å². The van der Waals surface area contributed by atoms with Crippen LogP contribution in [0.1, 0.15) is 24.6 Å². The van der Waals surface area contributed by atoms with E-state index < -0.39 is 0 Å². The van der Waals surface area contributed by atoms with Crippen molar-refractivity contribution in [2.75, 3.05) is 0 Å². The molecule has 1 saturated carbocycles. The maximum absolute atomic E-state index is 6.21. The standard InChI is InChI=1S/C16H15NO/c17-15(11-6-7-11)14-9-12-8-5-10-3-1-2-4-13(10)16(12)18-14/h1-5,8-9,11,15H,6-7,17H2. The summed E-state index contributed by atoms with van der Waals surface area (Å²) >= 11 is 0. The molecule has 90 valence electrons. The molecule has 1 unspecified atom stereocenters. The lowest BCUT2D eigenvalue weighted by atomic mass is 10.1. The molecule has 1 aliphatic rings. The molecule has 2 heteroatoms. The molecule has 0 aliphatic heterocycles. The van der Waals surface area contributed by atoms with Gasteiger partial charge in [-0.05, 0) is 30.2 Å². The van der Waals surface area contributed by atoms with E-state index in [1.165, 1.54) is 23.6 Å². The van der Waals surface area contributed by atoms with Gasteiger partial charge < -0.3 is 10.2 Å². The summed E-state index contributed by atoms with van der Waals surface area (Å²) in [5, 5.41) is 3.54. The van der Waals surface area contributed by atoms with Crippen molar-refractivity contribution in [2.45, 2.75) is 18.9 Å². The van der Waals surface area contributed by atoms with Gasteiger partial charge in [-0.15, -0.1) is 0 Å². The Hall–Kier alpha value is -1.80. The first-order valence-corrected chi connectivity index (χ1v) is 6.50. The predicted molar refractivity (Wildman–Crippen MR) is 73.4 cm³/mol. The average molecular weight is 237 g/mol. The van der Waals surface area contributed by atoms with Gasteiger partial charge >= 0.3 is 0 Å². The van der Waals surface area contributed by atoms with E-state index in [2.05, 4.69) is 30.3 Å². The SMILES string of the molecule is NC(c1cc2ccc3ccccc3c2o1)C1CC1. The second-order valence-corrected chi connectivity index (χ2v) is 5.22. The summed E-state index contributed by atoms with van der Waals surface area (Å²) in [6.07, 6.45) is 2.47. The zero-order chi connectivity index (χ0) is 12.1. The zero-order valence-electron chi connectivity index (χ0n) is 10.1. The van der Waals surface area contributed by atoms with Gasteiger partial charge in [0.25, 0.3) is 0 Å². The lowest BCUT2D eigenvalue weighted by Crippen LogP contribution is -2.10. The van der Waals surface area contributed by atoms with Crippen LogP contribution < -0.4 is 5.73 Å². The molecule has 2 N–H and O–H groups in total. The first-order valence-electron chi connectivity index (χ1n) is 6.50. The topological polar surface area (TPSA) is 39.2 Å². The molecule has 1 aromatic heterocycles. The zero-order valence-corrected chi connectivity index (χ0v) is 10.1. The molecular formula is C16H15NO. The molecule has 1 heterocycles. The summed E-state index contributed by atoms with van der Waals surface area (Å²) in [5.41, 5.74) is 7.19. The van der Waals surface area contributed by atoms with Crippen LogP contribution in [0.3, 0.4) is 0 Å². The van der Waals surface area contributed by atoms with Crippen molar-refractivity contribution >= 4 is 21.7 Å². The molecule has 0 radical (unpaired) electrons. The minimum absolute atomic E-state index is 0.0659. The number of hydrogen-bond donors (Lipinski definition) is 1. The fourth-order valence-electron chi connectivity index (χ4n) is 2.64.